The van der Waals surface area contributed by atoms with Crippen molar-refractivity contribution in [2.75, 3.05) is 12.4 Å². The highest BCUT2D eigenvalue weighted by Gasteiger charge is 2.18. The Balaban J connectivity index is 1.99. The van der Waals surface area contributed by atoms with E-state index in [4.69, 9.17) is 0 Å². The average Bonchev–Trinajstić information content (AvgIpc) is 2.53. The van der Waals surface area contributed by atoms with Crippen LogP contribution in [0.1, 0.15) is 17.3 Å². The van der Waals surface area contributed by atoms with Crippen molar-refractivity contribution < 1.29 is 13.5 Å². The van der Waals surface area contributed by atoms with Crippen LogP contribution in [0.25, 0.3) is 0 Å². The summed E-state index contributed by atoms with van der Waals surface area (Å²) in [5.41, 5.74) is 1.46. The zero-order chi connectivity index (χ0) is 15.1. The van der Waals surface area contributed by atoms with Crippen molar-refractivity contribution in [3.63, 3.8) is 0 Å². The van der Waals surface area contributed by atoms with Gasteiger partial charge in [-0.15, -0.1) is 0 Å². The molecule has 1 heterocycles. The van der Waals surface area contributed by atoms with E-state index in [2.05, 4.69) is 9.71 Å². The lowest BCUT2D eigenvalue weighted by atomic mass is 10.1. The molecule has 0 amide bonds. The van der Waals surface area contributed by atoms with E-state index in [1.165, 1.54) is 0 Å². The van der Waals surface area contributed by atoms with Gasteiger partial charge >= 0.3 is 0 Å². The van der Waals surface area contributed by atoms with Crippen LogP contribution in [0.5, 0.6) is 0 Å². The van der Waals surface area contributed by atoms with E-state index in [0.717, 1.165) is 11.3 Å². The number of nitrogens with one attached hydrogen (secondary N) is 1. The van der Waals surface area contributed by atoms with E-state index < -0.39 is 16.1 Å². The lowest BCUT2D eigenvalue weighted by Gasteiger charge is -2.16. The highest BCUT2D eigenvalue weighted by Crippen LogP contribution is 2.13. The van der Waals surface area contributed by atoms with Gasteiger partial charge in [0.1, 0.15) is 0 Å². The number of benzene rings is 1. The van der Waals surface area contributed by atoms with Crippen molar-refractivity contribution in [2.45, 2.75) is 12.5 Å². The van der Waals surface area contributed by atoms with Gasteiger partial charge < -0.3 is 5.11 Å². The third-order valence-electron chi connectivity index (χ3n) is 3.06. The molecular weight excluding hydrogens is 288 g/mol. The number of hydrogen-bond donors (Lipinski definition) is 2. The number of aliphatic hydroxyl groups excluding tert-OH is 1. The van der Waals surface area contributed by atoms with Gasteiger partial charge in [0.15, 0.2) is 0 Å². The molecule has 1 atom stereocenters. The largest absolute Gasteiger partial charge is 0.394 e. The number of aliphatic hydroxyl groups is 1. The quantitative estimate of drug-likeness (QED) is 0.807. The summed E-state index contributed by atoms with van der Waals surface area (Å²) in [6.45, 7) is -0.285. The van der Waals surface area contributed by atoms with Gasteiger partial charge in [-0.25, -0.2) is 13.1 Å². The summed E-state index contributed by atoms with van der Waals surface area (Å²) >= 11 is 0. The number of nitrogens with zero attached hydrogens (tertiary/aromatic N) is 1. The molecule has 112 valence electrons. The minimum absolute atomic E-state index is 0.0622. The van der Waals surface area contributed by atoms with Crippen LogP contribution >= 0.6 is 0 Å². The van der Waals surface area contributed by atoms with E-state index in [-0.39, 0.29) is 12.4 Å². The Bertz CT molecular complexity index is 645. The molecule has 0 aliphatic carbocycles. The van der Waals surface area contributed by atoms with Gasteiger partial charge in [0.25, 0.3) is 0 Å². The SMILES string of the molecule is O=S(=O)(CCc1ccccn1)N[C@@H](CO)c1ccccc1. The van der Waals surface area contributed by atoms with Crippen LogP contribution in [-0.2, 0) is 16.4 Å². The smallest absolute Gasteiger partial charge is 0.212 e. The first-order valence-electron chi connectivity index (χ1n) is 6.66. The molecule has 0 radical (unpaired) electrons. The minimum Gasteiger partial charge on any atom is -0.394 e. The van der Waals surface area contributed by atoms with Crippen LogP contribution in [0, 0.1) is 0 Å². The zero-order valence-electron chi connectivity index (χ0n) is 11.5. The zero-order valence-corrected chi connectivity index (χ0v) is 12.3. The lowest BCUT2D eigenvalue weighted by Crippen LogP contribution is -2.33. The summed E-state index contributed by atoms with van der Waals surface area (Å²) < 4.78 is 26.7. The monoisotopic (exact) mass is 306 g/mol. The van der Waals surface area contributed by atoms with Crippen LogP contribution in [-0.4, -0.2) is 30.9 Å². The van der Waals surface area contributed by atoms with Crippen molar-refractivity contribution in [1.82, 2.24) is 9.71 Å². The first kappa shape index (κ1) is 15.6. The van der Waals surface area contributed by atoms with Crippen molar-refractivity contribution in [1.29, 1.82) is 0 Å². The lowest BCUT2D eigenvalue weighted by molar-refractivity contribution is 0.259. The minimum atomic E-state index is -3.49. The van der Waals surface area contributed by atoms with Crippen LogP contribution in [0.2, 0.25) is 0 Å². The predicted molar refractivity (Wildman–Crippen MR) is 81.1 cm³/mol. The van der Waals surface area contributed by atoms with Crippen molar-refractivity contribution in [3.05, 3.63) is 66.0 Å². The Morgan fingerprint density at radius 2 is 1.81 bits per heavy atom. The van der Waals surface area contributed by atoms with Gasteiger partial charge in [0.2, 0.25) is 10.0 Å². The fraction of sp³-hybridized carbons (Fsp3) is 0.267. The first-order chi connectivity index (χ1) is 10.1. The van der Waals surface area contributed by atoms with E-state index in [0.29, 0.717) is 6.42 Å². The Labute approximate surface area is 124 Å². The second-order valence-electron chi connectivity index (χ2n) is 4.65. The third-order valence-corrected chi connectivity index (χ3v) is 4.44. The number of rotatable bonds is 7. The Morgan fingerprint density at radius 3 is 2.43 bits per heavy atom. The molecule has 2 N–H and O–H groups in total. The van der Waals surface area contributed by atoms with E-state index in [1.807, 2.05) is 12.1 Å². The van der Waals surface area contributed by atoms with Crippen LogP contribution in [0.3, 0.4) is 0 Å². The Kier molecular flexibility index (Phi) is 5.44. The van der Waals surface area contributed by atoms with Gasteiger partial charge in [-0.05, 0) is 17.7 Å². The summed E-state index contributed by atoms with van der Waals surface area (Å²) in [6.07, 6.45) is 1.97. The summed E-state index contributed by atoms with van der Waals surface area (Å²) in [6, 6.07) is 13.8. The maximum atomic E-state index is 12.1. The molecule has 0 spiro atoms. The molecule has 6 heteroatoms. The second-order valence-corrected chi connectivity index (χ2v) is 6.53. The van der Waals surface area contributed by atoms with E-state index in [9.17, 15) is 13.5 Å². The number of pyridine rings is 1. The van der Waals surface area contributed by atoms with E-state index in [1.54, 1.807) is 42.6 Å². The Morgan fingerprint density at radius 1 is 1.10 bits per heavy atom. The number of aromatic nitrogens is 1. The van der Waals surface area contributed by atoms with Gasteiger partial charge in [0.05, 0.1) is 18.4 Å². The van der Waals surface area contributed by atoms with Crippen molar-refractivity contribution in [3.8, 4) is 0 Å². The van der Waals surface area contributed by atoms with Crippen LogP contribution in [0.15, 0.2) is 54.7 Å². The molecule has 1 aromatic carbocycles. The third kappa shape index (κ3) is 4.93. The molecule has 0 aliphatic heterocycles. The van der Waals surface area contributed by atoms with Gasteiger partial charge in [-0.2, -0.15) is 0 Å². The summed E-state index contributed by atoms with van der Waals surface area (Å²) in [5, 5.41) is 9.39. The van der Waals surface area contributed by atoms with Gasteiger partial charge in [0, 0.05) is 18.3 Å². The average molecular weight is 306 g/mol. The predicted octanol–water partition coefficient (Wildman–Crippen LogP) is 1.28. The van der Waals surface area contributed by atoms with Crippen molar-refractivity contribution in [2.24, 2.45) is 0 Å². The molecule has 2 aromatic rings. The molecule has 0 fully saturated rings. The number of aryl methyl sites for hydroxylation is 1. The molecule has 0 bridgehead atoms. The maximum Gasteiger partial charge on any atom is 0.212 e. The summed E-state index contributed by atoms with van der Waals surface area (Å²) in [5.74, 6) is -0.0622. The highest BCUT2D eigenvalue weighted by molar-refractivity contribution is 7.89. The van der Waals surface area contributed by atoms with Crippen molar-refractivity contribution >= 4 is 10.0 Å². The number of hydrogen-bond acceptors (Lipinski definition) is 4. The van der Waals surface area contributed by atoms with Gasteiger partial charge in [-0.1, -0.05) is 36.4 Å². The molecule has 1 aromatic heterocycles. The Hall–Kier alpha value is -1.76. The fourth-order valence-electron chi connectivity index (χ4n) is 1.96. The molecule has 21 heavy (non-hydrogen) atoms. The molecule has 0 unspecified atom stereocenters. The molecule has 2 rings (SSSR count). The first-order valence-corrected chi connectivity index (χ1v) is 8.31. The highest BCUT2D eigenvalue weighted by atomic mass is 32.2. The topological polar surface area (TPSA) is 79.3 Å². The summed E-state index contributed by atoms with van der Waals surface area (Å²) in [7, 11) is -3.49. The van der Waals surface area contributed by atoms with E-state index >= 15 is 0 Å². The van der Waals surface area contributed by atoms with Crippen LogP contribution < -0.4 is 4.72 Å². The molecule has 5 nitrogen and oxygen atoms in total. The van der Waals surface area contributed by atoms with Crippen LogP contribution in [0.4, 0.5) is 0 Å². The second kappa shape index (κ2) is 7.31. The fourth-order valence-corrected chi connectivity index (χ4v) is 3.20. The normalized spacial score (nSPS) is 13.0. The van der Waals surface area contributed by atoms with Gasteiger partial charge in [-0.3, -0.25) is 4.98 Å². The molecule has 0 aliphatic rings. The molecule has 0 saturated carbocycles. The standard InChI is InChI=1S/C15H18N2O3S/c18-12-15(13-6-2-1-3-7-13)17-21(19,20)11-9-14-8-4-5-10-16-14/h1-8,10,15,17-18H,9,11-12H2/t15-/m0/s1. The number of sulfonamides is 1. The maximum absolute atomic E-state index is 12.1. The molecule has 0 saturated heterocycles. The summed E-state index contributed by atoms with van der Waals surface area (Å²) in [4.78, 5) is 4.10. The molecular formula is C15H18N2O3S.